The molecule has 34 heavy (non-hydrogen) atoms. The Kier molecular flexibility index (Phi) is 11.1. The molecule has 2 aliphatic heterocycles. The van der Waals surface area contributed by atoms with Gasteiger partial charge in [-0.3, -0.25) is 0 Å². The van der Waals surface area contributed by atoms with E-state index >= 15 is 0 Å². The molecule has 2 saturated heterocycles. The lowest BCUT2D eigenvalue weighted by molar-refractivity contribution is -0.328. The van der Waals surface area contributed by atoms with Gasteiger partial charge in [-0.05, 0) is 0 Å². The Morgan fingerprint density at radius 2 is 1.12 bits per heavy atom. The summed E-state index contributed by atoms with van der Waals surface area (Å²) in [5.41, 5.74) is 0. The topological polar surface area (TPSA) is 277 Å². The minimum atomic E-state index is -2.16. The van der Waals surface area contributed by atoms with Crippen LogP contribution >= 0.6 is 0 Å². The molecule has 11 N–H and O–H groups in total. The Bertz CT molecular complexity index is 621. The standard InChI is InChI=1S/C18H32O16/c19-1-5(31-17-15(29)13(27)11(25)7(3-21)33-17)9(23)10(24)6(2-20)32-18-16(30)14(28)12(26)8(4-22)34-18/h1,5-18,20-30H,2-4H2. The minimum Gasteiger partial charge on any atom is -0.394 e. The maximum atomic E-state index is 11.5. The first-order valence-corrected chi connectivity index (χ1v) is 10.4. The monoisotopic (exact) mass is 504 g/mol. The Morgan fingerprint density at radius 3 is 1.50 bits per heavy atom. The number of carbonyl (C=O) groups is 1. The van der Waals surface area contributed by atoms with Crippen LogP contribution < -0.4 is 0 Å². The van der Waals surface area contributed by atoms with Crippen LogP contribution in [0.2, 0.25) is 0 Å². The Labute approximate surface area is 192 Å². The van der Waals surface area contributed by atoms with Crippen molar-refractivity contribution in [1.29, 1.82) is 0 Å². The zero-order valence-electron chi connectivity index (χ0n) is 17.7. The lowest BCUT2D eigenvalue weighted by atomic mass is 9.98. The van der Waals surface area contributed by atoms with Crippen molar-refractivity contribution in [1.82, 2.24) is 0 Å². The van der Waals surface area contributed by atoms with Crippen molar-refractivity contribution in [2.45, 2.75) is 85.8 Å². The maximum Gasteiger partial charge on any atom is 0.187 e. The number of hydrogen-bond acceptors (Lipinski definition) is 16. The molecule has 0 aromatic carbocycles. The predicted molar refractivity (Wildman–Crippen MR) is 102 cm³/mol. The smallest absolute Gasteiger partial charge is 0.187 e. The number of carbonyl (C=O) groups excluding carboxylic acids is 1. The molecule has 2 heterocycles. The summed E-state index contributed by atoms with van der Waals surface area (Å²) in [4.78, 5) is 11.5. The van der Waals surface area contributed by atoms with Gasteiger partial charge in [0.25, 0.3) is 0 Å². The molecule has 0 aromatic rings. The van der Waals surface area contributed by atoms with Crippen LogP contribution in [0.15, 0.2) is 0 Å². The first-order chi connectivity index (χ1) is 16.0. The quantitative estimate of drug-likeness (QED) is 0.117. The van der Waals surface area contributed by atoms with Gasteiger partial charge in [-0.15, -0.1) is 0 Å². The average Bonchev–Trinajstić information content (AvgIpc) is 2.84. The summed E-state index contributed by atoms with van der Waals surface area (Å²) in [6.45, 7) is -2.58. The second kappa shape index (κ2) is 12.9. The molecule has 0 amide bonds. The molecule has 14 unspecified atom stereocenters. The van der Waals surface area contributed by atoms with E-state index in [1.54, 1.807) is 0 Å². The summed E-state index contributed by atoms with van der Waals surface area (Å²) in [6, 6.07) is 0. The zero-order valence-corrected chi connectivity index (χ0v) is 17.7. The van der Waals surface area contributed by atoms with Crippen LogP contribution in [-0.4, -0.2) is 168 Å². The highest BCUT2D eigenvalue weighted by Gasteiger charge is 2.48. The lowest BCUT2D eigenvalue weighted by Crippen LogP contribution is -2.62. The molecule has 2 fully saturated rings. The van der Waals surface area contributed by atoms with Gasteiger partial charge >= 0.3 is 0 Å². The number of aliphatic hydroxyl groups excluding tert-OH is 11. The summed E-state index contributed by atoms with van der Waals surface area (Å²) in [5, 5.41) is 108. The first kappa shape index (κ1) is 29.3. The Hall–Kier alpha value is -0.930. The number of ether oxygens (including phenoxy) is 4. The van der Waals surface area contributed by atoms with Crippen LogP contribution in [0.1, 0.15) is 0 Å². The highest BCUT2D eigenvalue weighted by atomic mass is 16.7. The van der Waals surface area contributed by atoms with Crippen LogP contribution in [0, 0.1) is 0 Å². The summed E-state index contributed by atoms with van der Waals surface area (Å²) in [5.74, 6) is 0. The predicted octanol–water partition coefficient (Wildman–Crippen LogP) is -7.73. The van der Waals surface area contributed by atoms with Gasteiger partial charge in [0.05, 0.1) is 19.8 Å². The first-order valence-electron chi connectivity index (χ1n) is 10.4. The van der Waals surface area contributed by atoms with E-state index in [0.717, 1.165) is 0 Å². The zero-order chi connectivity index (χ0) is 25.7. The van der Waals surface area contributed by atoms with E-state index in [1.165, 1.54) is 0 Å². The highest BCUT2D eigenvalue weighted by Crippen LogP contribution is 2.26. The van der Waals surface area contributed by atoms with Crippen molar-refractivity contribution in [3.8, 4) is 0 Å². The Balaban J connectivity index is 2.08. The van der Waals surface area contributed by atoms with Gasteiger partial charge in [0.1, 0.15) is 73.2 Å². The van der Waals surface area contributed by atoms with E-state index in [1.807, 2.05) is 0 Å². The van der Waals surface area contributed by atoms with Gasteiger partial charge in [-0.2, -0.15) is 0 Å². The molecule has 16 heteroatoms. The van der Waals surface area contributed by atoms with E-state index in [4.69, 9.17) is 18.9 Å². The molecule has 0 saturated carbocycles. The average molecular weight is 504 g/mol. The molecular weight excluding hydrogens is 472 g/mol. The lowest BCUT2D eigenvalue weighted by Gasteiger charge is -2.42. The molecule has 200 valence electrons. The number of rotatable bonds is 11. The molecule has 2 aliphatic rings. The Morgan fingerprint density at radius 1 is 0.676 bits per heavy atom. The van der Waals surface area contributed by atoms with Crippen molar-refractivity contribution in [2.75, 3.05) is 19.8 Å². The number of aliphatic hydroxyl groups is 11. The number of hydrogen-bond donors (Lipinski definition) is 11. The largest absolute Gasteiger partial charge is 0.394 e. The van der Waals surface area contributed by atoms with Crippen LogP contribution in [0.5, 0.6) is 0 Å². The number of aldehydes is 1. The second-order valence-electron chi connectivity index (χ2n) is 7.97. The third kappa shape index (κ3) is 6.25. The molecule has 16 nitrogen and oxygen atoms in total. The summed E-state index contributed by atoms with van der Waals surface area (Å²) in [7, 11) is 0. The molecule has 14 atom stereocenters. The van der Waals surface area contributed by atoms with Gasteiger partial charge in [0, 0.05) is 0 Å². The normalized spacial score (nSPS) is 42.6. The van der Waals surface area contributed by atoms with Crippen molar-refractivity contribution < 1.29 is 79.9 Å². The van der Waals surface area contributed by atoms with E-state index in [2.05, 4.69) is 0 Å². The van der Waals surface area contributed by atoms with Gasteiger partial charge in [-0.1, -0.05) is 0 Å². The molecule has 0 aliphatic carbocycles. The van der Waals surface area contributed by atoms with Gasteiger partial charge in [0.2, 0.25) is 0 Å². The summed E-state index contributed by atoms with van der Waals surface area (Å²) < 4.78 is 20.5. The fraction of sp³-hybridized carbons (Fsp3) is 0.944. The van der Waals surface area contributed by atoms with Crippen molar-refractivity contribution in [3.05, 3.63) is 0 Å². The van der Waals surface area contributed by atoms with Gasteiger partial charge in [-0.25, -0.2) is 0 Å². The molecule has 0 radical (unpaired) electrons. The van der Waals surface area contributed by atoms with Crippen LogP contribution in [0.3, 0.4) is 0 Å². The third-order valence-corrected chi connectivity index (χ3v) is 5.68. The highest BCUT2D eigenvalue weighted by molar-refractivity contribution is 5.57. The van der Waals surface area contributed by atoms with Crippen LogP contribution in [0.4, 0.5) is 0 Å². The fourth-order valence-corrected chi connectivity index (χ4v) is 3.53. The van der Waals surface area contributed by atoms with Gasteiger partial charge < -0.3 is 79.9 Å². The fourth-order valence-electron chi connectivity index (χ4n) is 3.53. The molecular formula is C18H32O16. The molecule has 0 spiro atoms. The molecule has 0 aromatic heterocycles. The van der Waals surface area contributed by atoms with Crippen molar-refractivity contribution in [3.63, 3.8) is 0 Å². The van der Waals surface area contributed by atoms with E-state index in [9.17, 15) is 61.0 Å². The van der Waals surface area contributed by atoms with Crippen LogP contribution in [-0.2, 0) is 23.7 Å². The summed E-state index contributed by atoms with van der Waals surface area (Å²) >= 11 is 0. The molecule has 0 bridgehead atoms. The van der Waals surface area contributed by atoms with Crippen molar-refractivity contribution in [2.24, 2.45) is 0 Å². The van der Waals surface area contributed by atoms with Gasteiger partial charge in [0.15, 0.2) is 18.9 Å². The summed E-state index contributed by atoms with van der Waals surface area (Å²) in [6.07, 6.45) is -25.2. The van der Waals surface area contributed by atoms with E-state index in [0.29, 0.717) is 0 Å². The maximum absolute atomic E-state index is 11.5. The minimum absolute atomic E-state index is 0.00235. The van der Waals surface area contributed by atoms with Crippen molar-refractivity contribution >= 4 is 6.29 Å². The second-order valence-corrected chi connectivity index (χ2v) is 7.97. The SMILES string of the molecule is O=CC(OC1OC(CO)C(O)C(O)C1O)C(O)C(O)C(CO)OC1OC(CO)C(O)C(O)C1O. The van der Waals surface area contributed by atoms with E-state index < -0.39 is 106 Å². The molecule has 2 rings (SSSR count). The third-order valence-electron chi connectivity index (χ3n) is 5.68. The van der Waals surface area contributed by atoms with Crippen LogP contribution in [0.25, 0.3) is 0 Å². The van der Waals surface area contributed by atoms with E-state index in [-0.39, 0.29) is 6.29 Å².